The highest BCUT2D eigenvalue weighted by Crippen LogP contribution is 2.16. The lowest BCUT2D eigenvalue weighted by molar-refractivity contribution is 0.0946. The van der Waals surface area contributed by atoms with E-state index in [0.29, 0.717) is 24.4 Å². The summed E-state index contributed by atoms with van der Waals surface area (Å²) in [4.78, 5) is 12.1. The highest BCUT2D eigenvalue weighted by Gasteiger charge is 2.16. The first-order valence-electron chi connectivity index (χ1n) is 6.73. The molecule has 0 aromatic heterocycles. The maximum absolute atomic E-state index is 12.2. The molecule has 6 heteroatoms. The molecule has 0 bridgehead atoms. The number of sulfonamides is 1. The van der Waals surface area contributed by atoms with Crippen LogP contribution in [-0.4, -0.2) is 20.9 Å². The fourth-order valence-corrected chi connectivity index (χ4v) is 2.30. The van der Waals surface area contributed by atoms with Crippen LogP contribution in [0, 0.1) is 5.92 Å². The Morgan fingerprint density at radius 2 is 2.00 bits per heavy atom. The first-order valence-corrected chi connectivity index (χ1v) is 8.28. The highest BCUT2D eigenvalue weighted by molar-refractivity contribution is 7.89. The number of carbonyl (C=O) groups excluding carboxylic acids is 1. The lowest BCUT2D eigenvalue weighted by atomic mass is 10.0. The van der Waals surface area contributed by atoms with Crippen LogP contribution in [-0.2, 0) is 16.4 Å². The fraction of sp³-hybridized carbons (Fsp3) is 0.500. The first-order chi connectivity index (χ1) is 9.29. The number of amides is 1. The van der Waals surface area contributed by atoms with Crippen LogP contribution >= 0.6 is 0 Å². The normalized spacial score (nSPS) is 13.0. The maximum atomic E-state index is 12.2. The van der Waals surface area contributed by atoms with Crippen LogP contribution in [0.25, 0.3) is 0 Å². The first kappa shape index (κ1) is 16.7. The third-order valence-corrected chi connectivity index (χ3v) is 4.25. The topological polar surface area (TPSA) is 89.3 Å². The molecule has 0 aliphatic rings. The van der Waals surface area contributed by atoms with E-state index >= 15 is 0 Å². The van der Waals surface area contributed by atoms with Gasteiger partial charge in [0.05, 0.1) is 4.90 Å². The van der Waals surface area contributed by atoms with Gasteiger partial charge >= 0.3 is 0 Å². The lowest BCUT2D eigenvalue weighted by Gasteiger charge is -2.13. The molecule has 0 fully saturated rings. The van der Waals surface area contributed by atoms with E-state index in [-0.39, 0.29) is 10.8 Å². The standard InChI is InChI=1S/C14H22N2O3S/c1-4-10(3)9-16-14(17)13-8-12(20(15,18)19)7-6-11(13)5-2/h6-8,10H,4-5,9H2,1-3H3,(H,16,17)(H2,15,18,19). The average Bonchev–Trinajstić information content (AvgIpc) is 2.42. The number of carbonyl (C=O) groups is 1. The van der Waals surface area contributed by atoms with E-state index in [1.165, 1.54) is 12.1 Å². The van der Waals surface area contributed by atoms with E-state index in [2.05, 4.69) is 12.2 Å². The van der Waals surface area contributed by atoms with Crippen molar-refractivity contribution in [2.45, 2.75) is 38.5 Å². The molecule has 1 amide bonds. The van der Waals surface area contributed by atoms with Crippen LogP contribution in [0.15, 0.2) is 23.1 Å². The van der Waals surface area contributed by atoms with E-state index in [1.807, 2.05) is 13.8 Å². The van der Waals surface area contributed by atoms with Gasteiger partial charge in [0, 0.05) is 12.1 Å². The van der Waals surface area contributed by atoms with Crippen LogP contribution in [0.5, 0.6) is 0 Å². The second-order valence-electron chi connectivity index (χ2n) is 4.94. The summed E-state index contributed by atoms with van der Waals surface area (Å²) in [5, 5.41) is 7.93. The molecule has 0 aliphatic heterocycles. The number of nitrogens with two attached hydrogens (primary N) is 1. The van der Waals surface area contributed by atoms with Gasteiger partial charge in [-0.3, -0.25) is 4.79 Å². The smallest absolute Gasteiger partial charge is 0.251 e. The molecule has 1 atom stereocenters. The zero-order chi connectivity index (χ0) is 15.3. The van der Waals surface area contributed by atoms with Crippen molar-refractivity contribution in [3.05, 3.63) is 29.3 Å². The molecule has 5 nitrogen and oxygen atoms in total. The van der Waals surface area contributed by atoms with Crippen LogP contribution in [0.1, 0.15) is 43.1 Å². The molecule has 1 aromatic rings. The molecule has 1 unspecified atom stereocenters. The summed E-state index contributed by atoms with van der Waals surface area (Å²) < 4.78 is 22.7. The van der Waals surface area contributed by atoms with E-state index in [4.69, 9.17) is 5.14 Å². The minimum Gasteiger partial charge on any atom is -0.352 e. The van der Waals surface area contributed by atoms with Gasteiger partial charge in [-0.2, -0.15) is 0 Å². The van der Waals surface area contributed by atoms with Crippen LogP contribution in [0.3, 0.4) is 0 Å². The number of benzene rings is 1. The van der Waals surface area contributed by atoms with Crippen molar-refractivity contribution in [3.63, 3.8) is 0 Å². The van der Waals surface area contributed by atoms with Gasteiger partial charge in [-0.15, -0.1) is 0 Å². The molecule has 1 rings (SSSR count). The molecule has 0 radical (unpaired) electrons. The van der Waals surface area contributed by atoms with Crippen molar-refractivity contribution in [2.24, 2.45) is 11.1 Å². The Kier molecular flexibility index (Phi) is 5.71. The summed E-state index contributed by atoms with van der Waals surface area (Å²) in [5.74, 6) is 0.123. The number of primary sulfonamides is 1. The van der Waals surface area contributed by atoms with Crippen LogP contribution in [0.4, 0.5) is 0 Å². The van der Waals surface area contributed by atoms with Crippen molar-refractivity contribution in [2.75, 3.05) is 6.54 Å². The predicted molar refractivity (Wildman–Crippen MR) is 79.0 cm³/mol. The van der Waals surface area contributed by atoms with Crippen molar-refractivity contribution >= 4 is 15.9 Å². The molecular weight excluding hydrogens is 276 g/mol. The Morgan fingerprint density at radius 3 is 2.50 bits per heavy atom. The van der Waals surface area contributed by atoms with E-state index < -0.39 is 10.0 Å². The predicted octanol–water partition coefficient (Wildman–Crippen LogP) is 1.67. The van der Waals surface area contributed by atoms with E-state index in [0.717, 1.165) is 12.0 Å². The van der Waals surface area contributed by atoms with Gasteiger partial charge in [0.15, 0.2) is 0 Å². The third-order valence-electron chi connectivity index (χ3n) is 3.34. The molecule has 0 aliphatic carbocycles. The van der Waals surface area contributed by atoms with E-state index in [1.54, 1.807) is 6.07 Å². The Balaban J connectivity index is 3.05. The Labute approximate surface area is 120 Å². The van der Waals surface area contributed by atoms with Crippen molar-refractivity contribution in [3.8, 4) is 0 Å². The molecule has 0 heterocycles. The molecule has 0 spiro atoms. The van der Waals surface area contributed by atoms with E-state index in [9.17, 15) is 13.2 Å². The molecule has 1 aromatic carbocycles. The summed E-state index contributed by atoms with van der Waals surface area (Å²) in [6.45, 7) is 6.58. The quantitative estimate of drug-likeness (QED) is 0.837. The Morgan fingerprint density at radius 1 is 1.35 bits per heavy atom. The van der Waals surface area contributed by atoms with Crippen molar-refractivity contribution in [1.29, 1.82) is 0 Å². The second-order valence-corrected chi connectivity index (χ2v) is 6.50. The lowest BCUT2D eigenvalue weighted by Crippen LogP contribution is -2.29. The van der Waals surface area contributed by atoms with Gasteiger partial charge in [0.2, 0.25) is 10.0 Å². The maximum Gasteiger partial charge on any atom is 0.251 e. The Hall–Kier alpha value is -1.40. The number of nitrogens with one attached hydrogen (secondary N) is 1. The number of rotatable bonds is 6. The fourth-order valence-electron chi connectivity index (χ4n) is 1.76. The molecule has 3 N–H and O–H groups in total. The van der Waals surface area contributed by atoms with Crippen LogP contribution < -0.4 is 10.5 Å². The molecule has 0 saturated carbocycles. The SMILES string of the molecule is CCc1ccc(S(N)(=O)=O)cc1C(=O)NCC(C)CC. The van der Waals surface area contributed by atoms with Gasteiger partial charge < -0.3 is 5.32 Å². The summed E-state index contributed by atoms with van der Waals surface area (Å²) in [7, 11) is -3.80. The van der Waals surface area contributed by atoms with Gasteiger partial charge in [-0.1, -0.05) is 33.3 Å². The van der Waals surface area contributed by atoms with Crippen LogP contribution in [0.2, 0.25) is 0 Å². The summed E-state index contributed by atoms with van der Waals surface area (Å²) in [6.07, 6.45) is 1.62. The van der Waals surface area contributed by atoms with Gasteiger partial charge in [0.25, 0.3) is 5.91 Å². The molecule has 20 heavy (non-hydrogen) atoms. The molecular formula is C14H22N2O3S. The minimum absolute atomic E-state index is 0.0385. The zero-order valence-corrected chi connectivity index (χ0v) is 13.0. The van der Waals surface area contributed by atoms with Gasteiger partial charge in [0.1, 0.15) is 0 Å². The monoisotopic (exact) mass is 298 g/mol. The summed E-state index contributed by atoms with van der Waals surface area (Å²) in [5.41, 5.74) is 1.18. The third kappa shape index (κ3) is 4.31. The van der Waals surface area contributed by atoms with Crippen molar-refractivity contribution < 1.29 is 13.2 Å². The zero-order valence-electron chi connectivity index (χ0n) is 12.1. The second kappa shape index (κ2) is 6.85. The summed E-state index contributed by atoms with van der Waals surface area (Å²) in [6, 6.07) is 4.41. The average molecular weight is 298 g/mol. The minimum atomic E-state index is -3.80. The molecule has 0 saturated heterocycles. The van der Waals surface area contributed by atoms with Gasteiger partial charge in [-0.25, -0.2) is 13.6 Å². The Bertz CT molecular complexity index is 582. The number of hydrogen-bond acceptors (Lipinski definition) is 3. The molecule has 112 valence electrons. The van der Waals surface area contributed by atoms with Gasteiger partial charge in [-0.05, 0) is 30.0 Å². The largest absolute Gasteiger partial charge is 0.352 e. The van der Waals surface area contributed by atoms with Crippen molar-refractivity contribution in [1.82, 2.24) is 5.32 Å². The number of aryl methyl sites for hydroxylation is 1. The highest BCUT2D eigenvalue weighted by atomic mass is 32.2. The number of hydrogen-bond donors (Lipinski definition) is 2. The summed E-state index contributed by atoms with van der Waals surface area (Å²) >= 11 is 0.